The van der Waals surface area contributed by atoms with Gasteiger partial charge in [0, 0.05) is 6.42 Å². The van der Waals surface area contributed by atoms with Gasteiger partial charge in [0.25, 0.3) is 0 Å². The van der Waals surface area contributed by atoms with Crippen LogP contribution in [0.5, 0.6) is 0 Å². The Balaban J connectivity index is 4.03. The molecule has 0 saturated carbocycles. The van der Waals surface area contributed by atoms with E-state index in [1.807, 2.05) is 0 Å². The molecule has 0 atom stereocenters. The van der Waals surface area contributed by atoms with E-state index in [1.165, 1.54) is 0 Å². The molecule has 0 aliphatic heterocycles. The molecule has 4 nitrogen and oxygen atoms in total. The van der Waals surface area contributed by atoms with Crippen LogP contribution in [0.4, 0.5) is 0 Å². The van der Waals surface area contributed by atoms with E-state index in [1.54, 1.807) is 6.92 Å². The monoisotopic (exact) mass is 170 g/mol. The van der Waals surface area contributed by atoms with Crippen LogP contribution >= 0.6 is 0 Å². The number of hydrogen-bond acceptors (Lipinski definition) is 2. The number of carbonyl (C=O) groups is 2. The van der Waals surface area contributed by atoms with Crippen LogP contribution in [0, 0.1) is 17.8 Å². The summed E-state index contributed by atoms with van der Waals surface area (Å²) in [7, 11) is 0. The number of aliphatic carboxylic acids is 2. The standard InChI is InChI=1S/C8H10O4/c1-2-3-4-5-6(7(9)10)8(11)12/h6H,4-5H2,1H3,(H,9,10)(H,11,12). The van der Waals surface area contributed by atoms with Crippen LogP contribution in [0.15, 0.2) is 0 Å². The smallest absolute Gasteiger partial charge is 0.317 e. The lowest BCUT2D eigenvalue weighted by molar-refractivity contribution is -0.154. The minimum Gasteiger partial charge on any atom is -0.481 e. The molecule has 4 heteroatoms. The largest absolute Gasteiger partial charge is 0.481 e. The second-order valence-corrected chi connectivity index (χ2v) is 2.19. The molecule has 0 aromatic rings. The first-order valence-electron chi connectivity index (χ1n) is 3.44. The maximum atomic E-state index is 10.3. The van der Waals surface area contributed by atoms with Gasteiger partial charge in [-0.15, -0.1) is 11.8 Å². The minimum atomic E-state index is -1.33. The van der Waals surface area contributed by atoms with Crippen molar-refractivity contribution in [3.63, 3.8) is 0 Å². The van der Waals surface area contributed by atoms with Crippen LogP contribution in [0.3, 0.4) is 0 Å². The average Bonchev–Trinajstić information content (AvgIpc) is 1.96. The molecule has 0 aliphatic carbocycles. The maximum absolute atomic E-state index is 10.3. The molecule has 0 aromatic heterocycles. The number of carboxylic acids is 2. The fraction of sp³-hybridized carbons (Fsp3) is 0.500. The van der Waals surface area contributed by atoms with E-state index in [9.17, 15) is 9.59 Å². The molecule has 0 spiro atoms. The lowest BCUT2D eigenvalue weighted by Crippen LogP contribution is -2.22. The second kappa shape index (κ2) is 5.19. The van der Waals surface area contributed by atoms with Gasteiger partial charge >= 0.3 is 11.9 Å². The van der Waals surface area contributed by atoms with Crippen LogP contribution in [0.2, 0.25) is 0 Å². The molecule has 0 aliphatic rings. The highest BCUT2D eigenvalue weighted by molar-refractivity contribution is 5.92. The topological polar surface area (TPSA) is 74.6 Å². The molecule has 0 saturated heterocycles. The first-order chi connectivity index (χ1) is 5.59. The molecular formula is C8H10O4. The SMILES string of the molecule is CC#CCCC(C(=O)O)C(=O)O. The molecule has 0 bridgehead atoms. The van der Waals surface area contributed by atoms with E-state index in [0.29, 0.717) is 6.42 Å². The molecule has 0 radical (unpaired) electrons. The quantitative estimate of drug-likeness (QED) is 0.478. The van der Waals surface area contributed by atoms with E-state index in [2.05, 4.69) is 11.8 Å². The van der Waals surface area contributed by atoms with Gasteiger partial charge in [-0.05, 0) is 13.3 Å². The third-order valence-corrected chi connectivity index (χ3v) is 1.33. The molecule has 0 heterocycles. The zero-order chi connectivity index (χ0) is 9.56. The Morgan fingerprint density at radius 3 is 2.17 bits per heavy atom. The van der Waals surface area contributed by atoms with Crippen LogP contribution in [-0.2, 0) is 9.59 Å². The highest BCUT2D eigenvalue weighted by atomic mass is 16.4. The van der Waals surface area contributed by atoms with Crippen LogP contribution in [-0.4, -0.2) is 22.2 Å². The lowest BCUT2D eigenvalue weighted by atomic mass is 10.0. The summed E-state index contributed by atoms with van der Waals surface area (Å²) >= 11 is 0. The Kier molecular flexibility index (Phi) is 4.54. The predicted molar refractivity (Wildman–Crippen MR) is 41.4 cm³/mol. The number of carboxylic acid groups (broad SMARTS) is 2. The number of hydrogen-bond donors (Lipinski definition) is 2. The van der Waals surface area contributed by atoms with E-state index in [4.69, 9.17) is 10.2 Å². The van der Waals surface area contributed by atoms with Gasteiger partial charge in [0.2, 0.25) is 0 Å². The summed E-state index contributed by atoms with van der Waals surface area (Å²) < 4.78 is 0. The fourth-order valence-electron chi connectivity index (χ4n) is 0.694. The first-order valence-corrected chi connectivity index (χ1v) is 3.44. The maximum Gasteiger partial charge on any atom is 0.317 e. The van der Waals surface area contributed by atoms with Gasteiger partial charge in [0.05, 0.1) is 0 Å². The predicted octanol–water partition coefficient (Wildman–Crippen LogP) is 0.575. The molecule has 0 amide bonds. The molecular weight excluding hydrogens is 160 g/mol. The summed E-state index contributed by atoms with van der Waals surface area (Å²) in [5.41, 5.74) is 0. The van der Waals surface area contributed by atoms with Crippen molar-refractivity contribution in [2.75, 3.05) is 0 Å². The molecule has 66 valence electrons. The third kappa shape index (κ3) is 3.62. The van der Waals surface area contributed by atoms with Crippen LogP contribution < -0.4 is 0 Å². The van der Waals surface area contributed by atoms with Crippen molar-refractivity contribution in [2.24, 2.45) is 5.92 Å². The fourth-order valence-corrected chi connectivity index (χ4v) is 0.694. The molecule has 0 unspecified atom stereocenters. The summed E-state index contributed by atoms with van der Waals surface area (Å²) in [5.74, 6) is 1.24. The second-order valence-electron chi connectivity index (χ2n) is 2.19. The van der Waals surface area contributed by atoms with Crippen LogP contribution in [0.1, 0.15) is 19.8 Å². The van der Waals surface area contributed by atoms with Gasteiger partial charge in [-0.1, -0.05) is 0 Å². The Morgan fingerprint density at radius 1 is 1.33 bits per heavy atom. The molecule has 0 aromatic carbocycles. The Hall–Kier alpha value is -1.50. The van der Waals surface area contributed by atoms with Crippen LogP contribution in [0.25, 0.3) is 0 Å². The molecule has 2 N–H and O–H groups in total. The van der Waals surface area contributed by atoms with Crippen molar-refractivity contribution < 1.29 is 19.8 Å². The lowest BCUT2D eigenvalue weighted by Gasteiger charge is -2.02. The zero-order valence-corrected chi connectivity index (χ0v) is 6.70. The van der Waals surface area contributed by atoms with Crippen molar-refractivity contribution in [3.05, 3.63) is 0 Å². The van der Waals surface area contributed by atoms with Gasteiger partial charge in [0.15, 0.2) is 5.92 Å². The van der Waals surface area contributed by atoms with Gasteiger partial charge in [-0.3, -0.25) is 9.59 Å². The highest BCUT2D eigenvalue weighted by Gasteiger charge is 2.24. The van der Waals surface area contributed by atoms with E-state index in [-0.39, 0.29) is 6.42 Å². The van der Waals surface area contributed by atoms with Crippen molar-refractivity contribution in [1.82, 2.24) is 0 Å². The number of rotatable bonds is 4. The summed E-state index contributed by atoms with van der Waals surface area (Å²) in [6, 6.07) is 0. The molecule has 0 rings (SSSR count). The molecule has 12 heavy (non-hydrogen) atoms. The van der Waals surface area contributed by atoms with Crippen molar-refractivity contribution in [3.8, 4) is 11.8 Å². The van der Waals surface area contributed by atoms with E-state index < -0.39 is 17.9 Å². The van der Waals surface area contributed by atoms with Gasteiger partial charge in [0.1, 0.15) is 0 Å². The minimum absolute atomic E-state index is 0.0610. The van der Waals surface area contributed by atoms with Crippen molar-refractivity contribution >= 4 is 11.9 Å². The summed E-state index contributed by atoms with van der Waals surface area (Å²) in [4.78, 5) is 20.6. The summed E-state index contributed by atoms with van der Waals surface area (Å²) in [5, 5.41) is 16.8. The zero-order valence-electron chi connectivity index (χ0n) is 6.70. The Morgan fingerprint density at radius 2 is 1.83 bits per heavy atom. The van der Waals surface area contributed by atoms with Gasteiger partial charge < -0.3 is 10.2 Å². The average molecular weight is 170 g/mol. The third-order valence-electron chi connectivity index (χ3n) is 1.33. The Bertz CT molecular complexity index is 219. The van der Waals surface area contributed by atoms with E-state index in [0.717, 1.165) is 0 Å². The van der Waals surface area contributed by atoms with Crippen molar-refractivity contribution in [1.29, 1.82) is 0 Å². The molecule has 0 fully saturated rings. The normalized spacial score (nSPS) is 8.83. The van der Waals surface area contributed by atoms with Gasteiger partial charge in [-0.2, -0.15) is 0 Å². The van der Waals surface area contributed by atoms with Crippen molar-refractivity contribution in [2.45, 2.75) is 19.8 Å². The first kappa shape index (κ1) is 10.5. The Labute approximate surface area is 70.2 Å². The highest BCUT2D eigenvalue weighted by Crippen LogP contribution is 2.05. The van der Waals surface area contributed by atoms with Gasteiger partial charge in [-0.25, -0.2) is 0 Å². The van der Waals surface area contributed by atoms with E-state index >= 15 is 0 Å². The summed E-state index contributed by atoms with van der Waals surface area (Å²) in [6.45, 7) is 1.62. The summed E-state index contributed by atoms with van der Waals surface area (Å²) in [6.07, 6.45) is 0.366.